The van der Waals surface area contributed by atoms with Crippen molar-refractivity contribution < 1.29 is 9.21 Å². The van der Waals surface area contributed by atoms with Crippen molar-refractivity contribution in [3.8, 4) is 0 Å². The first-order valence-corrected chi connectivity index (χ1v) is 10.0. The molecule has 0 aliphatic heterocycles. The second-order valence-electron chi connectivity index (χ2n) is 8.03. The summed E-state index contributed by atoms with van der Waals surface area (Å²) in [6.45, 7) is 4.14. The summed E-state index contributed by atoms with van der Waals surface area (Å²) in [6, 6.07) is 13.5. The first-order chi connectivity index (χ1) is 14.8. The topological polar surface area (TPSA) is 109 Å². The number of nitrogens with one attached hydrogen (secondary N) is 2. The van der Waals surface area contributed by atoms with Crippen LogP contribution in [0.3, 0.4) is 0 Å². The summed E-state index contributed by atoms with van der Waals surface area (Å²) in [5.74, 6) is 0.565. The molecule has 158 valence electrons. The number of fused-ring (bicyclic) bond motifs is 1. The van der Waals surface area contributed by atoms with Crippen molar-refractivity contribution in [2.45, 2.75) is 26.7 Å². The van der Waals surface area contributed by atoms with E-state index >= 15 is 0 Å². The molecular weight excluding hydrogens is 418 g/mol. The maximum absolute atomic E-state index is 12.5. The van der Waals surface area contributed by atoms with Crippen LogP contribution in [0, 0.1) is 5.41 Å². The van der Waals surface area contributed by atoms with Gasteiger partial charge in [-0.05, 0) is 42.2 Å². The third-order valence-electron chi connectivity index (χ3n) is 4.84. The van der Waals surface area contributed by atoms with Crippen LogP contribution in [0.5, 0.6) is 0 Å². The number of halogens is 1. The molecule has 1 amide bonds. The molecule has 0 saturated carbocycles. The summed E-state index contributed by atoms with van der Waals surface area (Å²) in [7, 11) is 0. The van der Waals surface area contributed by atoms with Crippen LogP contribution in [0.2, 0.25) is 5.15 Å². The molecule has 0 saturated heterocycles. The first-order valence-electron chi connectivity index (χ1n) is 9.66. The normalized spacial score (nSPS) is 15.9. The Kier molecular flexibility index (Phi) is 5.56. The van der Waals surface area contributed by atoms with Crippen molar-refractivity contribution >= 4 is 34.7 Å². The minimum Gasteiger partial charge on any atom is -0.426 e. The number of aromatic nitrogens is 2. The van der Waals surface area contributed by atoms with Gasteiger partial charge in [0.15, 0.2) is 11.0 Å². The zero-order chi connectivity index (χ0) is 22.0. The average molecular weight is 438 g/mol. The largest absolute Gasteiger partial charge is 0.426 e. The number of hydrazone groups is 1. The second-order valence-corrected chi connectivity index (χ2v) is 8.42. The fourth-order valence-corrected chi connectivity index (χ4v) is 3.50. The van der Waals surface area contributed by atoms with E-state index in [0.717, 1.165) is 0 Å². The highest BCUT2D eigenvalue weighted by Crippen LogP contribution is 2.35. The van der Waals surface area contributed by atoms with Crippen LogP contribution in [0.1, 0.15) is 41.9 Å². The summed E-state index contributed by atoms with van der Waals surface area (Å²) >= 11 is 5.77. The van der Waals surface area contributed by atoms with Gasteiger partial charge < -0.3 is 9.73 Å². The van der Waals surface area contributed by atoms with Gasteiger partial charge in [-0.1, -0.05) is 43.6 Å². The van der Waals surface area contributed by atoms with Gasteiger partial charge in [0.1, 0.15) is 11.4 Å². The highest BCUT2D eigenvalue weighted by Gasteiger charge is 2.32. The van der Waals surface area contributed by atoms with E-state index in [2.05, 4.69) is 39.9 Å². The zero-order valence-corrected chi connectivity index (χ0v) is 17.7. The van der Waals surface area contributed by atoms with E-state index < -0.39 is 11.5 Å². The lowest BCUT2D eigenvalue weighted by atomic mass is 9.76. The summed E-state index contributed by atoms with van der Waals surface area (Å²) in [5, 5.41) is 15.1. The van der Waals surface area contributed by atoms with Crippen LogP contribution < -0.4 is 16.4 Å². The summed E-state index contributed by atoms with van der Waals surface area (Å²) in [5.41, 5.74) is 3.96. The van der Waals surface area contributed by atoms with Crippen LogP contribution in [0.4, 0.5) is 11.5 Å². The van der Waals surface area contributed by atoms with E-state index in [1.807, 2.05) is 6.07 Å². The van der Waals surface area contributed by atoms with Gasteiger partial charge in [-0.2, -0.15) is 5.10 Å². The monoisotopic (exact) mass is 437 g/mol. The maximum Gasteiger partial charge on any atom is 0.359 e. The smallest absolute Gasteiger partial charge is 0.359 e. The van der Waals surface area contributed by atoms with Crippen molar-refractivity contribution in [2.24, 2.45) is 10.5 Å². The van der Waals surface area contributed by atoms with Gasteiger partial charge in [0.05, 0.1) is 5.71 Å². The maximum atomic E-state index is 12.5. The molecule has 0 atom stereocenters. The lowest BCUT2D eigenvalue weighted by Crippen LogP contribution is -2.30. The molecule has 1 aliphatic carbocycles. The number of benzene rings is 1. The highest BCUT2D eigenvalue weighted by molar-refractivity contribution is 6.29. The molecule has 0 unspecified atom stereocenters. The fraction of sp³-hybridized carbons (Fsp3) is 0.227. The molecule has 31 heavy (non-hydrogen) atoms. The Bertz CT molecular complexity index is 1200. The van der Waals surface area contributed by atoms with Crippen molar-refractivity contribution in [3.63, 3.8) is 0 Å². The molecule has 3 aromatic rings. The Labute approximate surface area is 183 Å². The summed E-state index contributed by atoms with van der Waals surface area (Å²) in [4.78, 5) is 25.0. The van der Waals surface area contributed by atoms with Crippen molar-refractivity contribution in [2.75, 3.05) is 10.7 Å². The summed E-state index contributed by atoms with van der Waals surface area (Å²) < 4.78 is 5.58. The molecule has 1 aliphatic rings. The number of carbonyl (C=O) groups is 1. The molecular formula is C22H20ClN5O3. The van der Waals surface area contributed by atoms with Gasteiger partial charge in [-0.15, -0.1) is 10.2 Å². The van der Waals surface area contributed by atoms with Crippen molar-refractivity contribution in [1.29, 1.82) is 0 Å². The van der Waals surface area contributed by atoms with E-state index in [1.54, 1.807) is 42.5 Å². The third-order valence-corrected chi connectivity index (χ3v) is 5.04. The Balaban J connectivity index is 1.67. The van der Waals surface area contributed by atoms with Crippen LogP contribution in [0.25, 0.3) is 0 Å². The Hall–Kier alpha value is -3.52. The predicted molar refractivity (Wildman–Crippen MR) is 119 cm³/mol. The van der Waals surface area contributed by atoms with E-state index in [0.29, 0.717) is 41.3 Å². The van der Waals surface area contributed by atoms with E-state index in [-0.39, 0.29) is 16.3 Å². The van der Waals surface area contributed by atoms with Crippen molar-refractivity contribution in [3.05, 3.63) is 81.0 Å². The molecule has 0 fully saturated rings. The van der Waals surface area contributed by atoms with Crippen molar-refractivity contribution in [1.82, 2.24) is 10.2 Å². The van der Waals surface area contributed by atoms with Gasteiger partial charge in [0.25, 0.3) is 5.91 Å². The number of rotatable bonds is 4. The Morgan fingerprint density at radius 2 is 1.90 bits per heavy atom. The van der Waals surface area contributed by atoms with Gasteiger partial charge in [-0.25, -0.2) is 4.79 Å². The highest BCUT2D eigenvalue weighted by atomic mass is 35.5. The van der Waals surface area contributed by atoms with Gasteiger partial charge in [0, 0.05) is 17.5 Å². The molecule has 4 rings (SSSR count). The number of nitrogens with zero attached hydrogens (tertiary/aromatic N) is 3. The number of hydrogen-bond acceptors (Lipinski definition) is 7. The Morgan fingerprint density at radius 1 is 1.13 bits per heavy atom. The summed E-state index contributed by atoms with van der Waals surface area (Å²) in [6.07, 6.45) is 1.21. The molecule has 0 spiro atoms. The van der Waals surface area contributed by atoms with E-state index in [1.165, 1.54) is 0 Å². The van der Waals surface area contributed by atoms with Crippen LogP contribution in [0.15, 0.2) is 62.8 Å². The van der Waals surface area contributed by atoms with Crippen LogP contribution in [-0.2, 0) is 6.42 Å². The average Bonchev–Trinajstić information content (AvgIpc) is 2.74. The number of carbonyl (C=O) groups excluding carboxylic acids is 1. The van der Waals surface area contributed by atoms with Gasteiger partial charge in [-0.3, -0.25) is 10.2 Å². The molecule has 9 heteroatoms. The molecule has 2 N–H and O–H groups in total. The molecule has 1 aromatic carbocycles. The quantitative estimate of drug-likeness (QED) is 0.594. The minimum atomic E-state index is -0.600. The van der Waals surface area contributed by atoms with Gasteiger partial charge >= 0.3 is 5.63 Å². The van der Waals surface area contributed by atoms with E-state index in [4.69, 9.17) is 16.0 Å². The van der Waals surface area contributed by atoms with E-state index in [9.17, 15) is 9.59 Å². The lowest BCUT2D eigenvalue weighted by Gasteiger charge is -2.30. The minimum absolute atomic E-state index is 0.0614. The number of hydrogen-bond donors (Lipinski definition) is 2. The van der Waals surface area contributed by atoms with Gasteiger partial charge in [0.2, 0.25) is 0 Å². The molecule has 2 heterocycles. The molecule has 0 bridgehead atoms. The zero-order valence-electron chi connectivity index (χ0n) is 17.0. The Morgan fingerprint density at radius 3 is 2.61 bits per heavy atom. The van der Waals surface area contributed by atoms with Crippen LogP contribution >= 0.6 is 11.6 Å². The predicted octanol–water partition coefficient (Wildman–Crippen LogP) is 4.12. The molecule has 2 aromatic heterocycles. The first kappa shape index (κ1) is 20.7. The standard InChI is InChI=1S/C22H20ClN5O3/c1-22(2)11-16(25-27-19-9-8-18(23)26-28-19)14-10-15(21(30)31-17(14)12-22)24-20(29)13-6-4-3-5-7-13/h3-10H,11-12H2,1-2H3,(H,24,29)(H,27,28)/b25-16+. The van der Waals surface area contributed by atoms with Crippen LogP contribution in [-0.4, -0.2) is 21.8 Å². The second kappa shape index (κ2) is 8.31. The molecule has 8 nitrogen and oxygen atoms in total. The number of anilines is 2. The lowest BCUT2D eigenvalue weighted by molar-refractivity contribution is 0.102. The fourth-order valence-electron chi connectivity index (χ4n) is 3.40. The third kappa shape index (κ3) is 4.80. The molecule has 0 radical (unpaired) electrons. The SMILES string of the molecule is CC1(C)C/C(=N\Nc2ccc(Cl)nn2)c2cc(NC(=O)c3ccccc3)c(=O)oc2C1. The number of amides is 1.